The van der Waals surface area contributed by atoms with Crippen LogP contribution in [0.15, 0.2) is 42.6 Å². The molecule has 0 aliphatic carbocycles. The lowest BCUT2D eigenvalue weighted by atomic mass is 10.0. The number of unbranched alkanes of at least 4 members (excludes halogenated alkanes) is 1. The number of rotatable bonds is 10. The molecule has 0 atom stereocenters. The van der Waals surface area contributed by atoms with Crippen LogP contribution in [0.25, 0.3) is 22.6 Å². The van der Waals surface area contributed by atoms with E-state index in [2.05, 4.69) is 42.6 Å². The Bertz CT molecular complexity index is 1170. The van der Waals surface area contributed by atoms with Gasteiger partial charge in [0.05, 0.1) is 12.2 Å². The Morgan fingerprint density at radius 2 is 1.91 bits per heavy atom. The zero-order valence-electron chi connectivity index (χ0n) is 18.3. The van der Waals surface area contributed by atoms with Crippen LogP contribution in [0.3, 0.4) is 0 Å². The molecule has 32 heavy (non-hydrogen) atoms. The Hall–Kier alpha value is -3.75. The molecule has 1 N–H and O–H groups in total. The Morgan fingerprint density at radius 3 is 2.59 bits per heavy atom. The lowest BCUT2D eigenvalue weighted by molar-refractivity contribution is 0.0971. The SMILES string of the molecule is CCCCc1nc(C(=O)CCC)nn1Cc1ccc(-c2ccccc2-c2nn[nH]n2)nc1. The van der Waals surface area contributed by atoms with Crippen LogP contribution in [0.5, 0.6) is 0 Å². The minimum absolute atomic E-state index is 0.00413. The smallest absolute Gasteiger partial charge is 0.217 e. The summed E-state index contributed by atoms with van der Waals surface area (Å²) in [5.74, 6) is 1.68. The fourth-order valence-electron chi connectivity index (χ4n) is 3.51. The molecule has 1 aromatic carbocycles. The third-order valence-electron chi connectivity index (χ3n) is 5.18. The molecule has 9 heteroatoms. The second-order valence-electron chi connectivity index (χ2n) is 7.62. The molecule has 0 spiro atoms. The van der Waals surface area contributed by atoms with Crippen molar-refractivity contribution in [3.05, 3.63) is 59.8 Å². The number of pyridine rings is 1. The van der Waals surface area contributed by atoms with Gasteiger partial charge >= 0.3 is 0 Å². The number of benzene rings is 1. The second kappa shape index (κ2) is 10.0. The number of aryl methyl sites for hydroxylation is 1. The first kappa shape index (κ1) is 21.5. The molecule has 0 saturated carbocycles. The number of carbonyl (C=O) groups is 1. The summed E-state index contributed by atoms with van der Waals surface area (Å²) in [6.07, 6.45) is 5.95. The number of hydrogen-bond donors (Lipinski definition) is 1. The molecule has 0 saturated heterocycles. The van der Waals surface area contributed by atoms with Gasteiger partial charge in [0.2, 0.25) is 17.4 Å². The maximum absolute atomic E-state index is 12.3. The Morgan fingerprint density at radius 1 is 1.06 bits per heavy atom. The number of carbonyl (C=O) groups excluding carboxylic acids is 1. The van der Waals surface area contributed by atoms with Crippen molar-refractivity contribution in [3.63, 3.8) is 0 Å². The number of tetrazole rings is 1. The first-order valence-corrected chi connectivity index (χ1v) is 10.9. The van der Waals surface area contributed by atoms with Crippen LogP contribution in [0.4, 0.5) is 0 Å². The largest absolute Gasteiger partial charge is 0.291 e. The number of Topliss-reactive ketones (excluding diaryl/α,β-unsaturated/α-hetero) is 1. The lowest BCUT2D eigenvalue weighted by Gasteiger charge is -2.08. The van der Waals surface area contributed by atoms with E-state index < -0.39 is 0 Å². The van der Waals surface area contributed by atoms with Gasteiger partial charge in [-0.15, -0.1) is 15.3 Å². The summed E-state index contributed by atoms with van der Waals surface area (Å²) in [6, 6.07) is 11.8. The van der Waals surface area contributed by atoms with Crippen molar-refractivity contribution >= 4 is 5.78 Å². The number of ketones is 1. The van der Waals surface area contributed by atoms with Gasteiger partial charge in [0.15, 0.2) is 0 Å². The predicted octanol–water partition coefficient (Wildman–Crippen LogP) is 3.89. The lowest BCUT2D eigenvalue weighted by Crippen LogP contribution is -2.08. The molecule has 0 bridgehead atoms. The quantitative estimate of drug-likeness (QED) is 0.379. The van der Waals surface area contributed by atoms with Crippen LogP contribution >= 0.6 is 0 Å². The highest BCUT2D eigenvalue weighted by atomic mass is 16.1. The normalized spacial score (nSPS) is 11.1. The van der Waals surface area contributed by atoms with Crippen LogP contribution in [0.1, 0.15) is 61.5 Å². The van der Waals surface area contributed by atoms with Crippen LogP contribution in [-0.4, -0.2) is 46.2 Å². The van der Waals surface area contributed by atoms with E-state index in [4.69, 9.17) is 0 Å². The second-order valence-corrected chi connectivity index (χ2v) is 7.62. The topological polar surface area (TPSA) is 115 Å². The molecule has 164 valence electrons. The fourth-order valence-corrected chi connectivity index (χ4v) is 3.51. The van der Waals surface area contributed by atoms with E-state index in [1.165, 1.54) is 0 Å². The summed E-state index contributed by atoms with van der Waals surface area (Å²) in [6.45, 7) is 4.64. The van der Waals surface area contributed by atoms with E-state index in [1.807, 2.05) is 54.2 Å². The summed E-state index contributed by atoms with van der Waals surface area (Å²) in [4.78, 5) is 21.5. The van der Waals surface area contributed by atoms with Crippen molar-refractivity contribution in [2.24, 2.45) is 0 Å². The molecule has 0 aliphatic rings. The summed E-state index contributed by atoms with van der Waals surface area (Å²) in [5, 5.41) is 18.8. The van der Waals surface area contributed by atoms with Gasteiger partial charge in [-0.1, -0.05) is 50.6 Å². The van der Waals surface area contributed by atoms with Crippen molar-refractivity contribution in [1.29, 1.82) is 0 Å². The molecule has 9 nitrogen and oxygen atoms in total. The van der Waals surface area contributed by atoms with E-state index in [0.29, 0.717) is 24.6 Å². The van der Waals surface area contributed by atoms with Crippen molar-refractivity contribution in [1.82, 2.24) is 40.4 Å². The van der Waals surface area contributed by atoms with E-state index >= 15 is 0 Å². The van der Waals surface area contributed by atoms with Gasteiger partial charge in [0.25, 0.3) is 0 Å². The van der Waals surface area contributed by atoms with E-state index in [0.717, 1.165) is 53.9 Å². The number of H-pyrrole nitrogens is 1. The molecule has 0 aliphatic heterocycles. The Balaban J connectivity index is 1.58. The van der Waals surface area contributed by atoms with Crippen molar-refractivity contribution < 1.29 is 4.79 Å². The van der Waals surface area contributed by atoms with Crippen LogP contribution < -0.4 is 0 Å². The van der Waals surface area contributed by atoms with Crippen molar-refractivity contribution in [3.8, 4) is 22.6 Å². The highest BCUT2D eigenvalue weighted by molar-refractivity contribution is 5.92. The first-order chi connectivity index (χ1) is 15.7. The van der Waals surface area contributed by atoms with Gasteiger partial charge in [0, 0.05) is 30.2 Å². The van der Waals surface area contributed by atoms with E-state index in [9.17, 15) is 4.79 Å². The minimum atomic E-state index is -0.00413. The average molecular weight is 431 g/mol. The van der Waals surface area contributed by atoms with Gasteiger partial charge in [-0.2, -0.15) is 5.21 Å². The molecule has 0 amide bonds. The predicted molar refractivity (Wildman–Crippen MR) is 120 cm³/mol. The van der Waals surface area contributed by atoms with Crippen molar-refractivity contribution in [2.75, 3.05) is 0 Å². The molecule has 0 radical (unpaired) electrons. The molecular weight excluding hydrogens is 404 g/mol. The van der Waals surface area contributed by atoms with Gasteiger partial charge in [-0.05, 0) is 29.7 Å². The molecular formula is C23H26N8O. The van der Waals surface area contributed by atoms with Gasteiger partial charge in [-0.3, -0.25) is 9.78 Å². The number of hydrogen-bond acceptors (Lipinski definition) is 7. The third-order valence-corrected chi connectivity index (χ3v) is 5.18. The number of aromatic nitrogens is 8. The standard InChI is InChI=1S/C23H26N8O/c1-3-5-11-21-25-23(20(32)8-4-2)28-31(21)15-16-12-13-19(24-14-16)17-9-6-7-10-18(17)22-26-29-30-27-22/h6-7,9-10,12-14H,3-5,8,11,15H2,1-2H3,(H,26,27,29,30). The van der Waals surface area contributed by atoms with E-state index in [1.54, 1.807) is 0 Å². The number of aromatic amines is 1. The molecule has 0 fully saturated rings. The van der Waals surface area contributed by atoms with Crippen LogP contribution in [0, 0.1) is 0 Å². The minimum Gasteiger partial charge on any atom is -0.291 e. The Labute approximate surface area is 186 Å². The average Bonchev–Trinajstić information content (AvgIpc) is 3.49. The highest BCUT2D eigenvalue weighted by Gasteiger charge is 2.16. The highest BCUT2D eigenvalue weighted by Crippen LogP contribution is 2.28. The summed E-state index contributed by atoms with van der Waals surface area (Å²) < 4.78 is 1.84. The molecule has 4 rings (SSSR count). The summed E-state index contributed by atoms with van der Waals surface area (Å²) in [5.41, 5.74) is 3.59. The zero-order chi connectivity index (χ0) is 22.3. The molecule has 4 aromatic rings. The Kier molecular flexibility index (Phi) is 6.74. The fraction of sp³-hybridized carbons (Fsp3) is 0.348. The molecule has 3 aromatic heterocycles. The van der Waals surface area contributed by atoms with Crippen LogP contribution in [-0.2, 0) is 13.0 Å². The number of nitrogens with one attached hydrogen (secondary N) is 1. The summed E-state index contributed by atoms with van der Waals surface area (Å²) in [7, 11) is 0. The van der Waals surface area contributed by atoms with Gasteiger partial charge in [-0.25, -0.2) is 9.67 Å². The number of nitrogens with zero attached hydrogens (tertiary/aromatic N) is 7. The maximum Gasteiger partial charge on any atom is 0.217 e. The maximum atomic E-state index is 12.3. The molecule has 3 heterocycles. The first-order valence-electron chi connectivity index (χ1n) is 10.9. The molecule has 0 unspecified atom stereocenters. The summed E-state index contributed by atoms with van der Waals surface area (Å²) >= 11 is 0. The van der Waals surface area contributed by atoms with Gasteiger partial charge in [0.1, 0.15) is 5.82 Å². The zero-order valence-corrected chi connectivity index (χ0v) is 18.3. The van der Waals surface area contributed by atoms with Crippen molar-refractivity contribution in [2.45, 2.75) is 52.5 Å². The van der Waals surface area contributed by atoms with Crippen LogP contribution in [0.2, 0.25) is 0 Å². The third kappa shape index (κ3) is 4.77. The van der Waals surface area contributed by atoms with E-state index in [-0.39, 0.29) is 5.78 Å². The van der Waals surface area contributed by atoms with Gasteiger partial charge < -0.3 is 0 Å². The monoisotopic (exact) mass is 430 g/mol.